The van der Waals surface area contributed by atoms with E-state index >= 15 is 0 Å². The molecule has 1 fully saturated rings. The number of aromatic nitrogens is 2. The van der Waals surface area contributed by atoms with Crippen LogP contribution in [0.3, 0.4) is 0 Å². The van der Waals surface area contributed by atoms with Gasteiger partial charge in [0.15, 0.2) is 9.84 Å². The van der Waals surface area contributed by atoms with Crippen LogP contribution >= 0.6 is 0 Å². The third kappa shape index (κ3) is 4.07. The Morgan fingerprint density at radius 2 is 2.08 bits per heavy atom. The molecule has 140 valence electrons. The lowest BCUT2D eigenvalue weighted by Gasteiger charge is -2.35. The van der Waals surface area contributed by atoms with Crippen molar-refractivity contribution in [3.8, 4) is 0 Å². The smallest absolute Gasteiger partial charge is 0.318 e. The van der Waals surface area contributed by atoms with Crippen molar-refractivity contribution in [1.82, 2.24) is 20.0 Å². The molecule has 0 aliphatic carbocycles. The second-order valence-electron chi connectivity index (χ2n) is 6.53. The number of carbonyl (C=O) groups is 1. The molecule has 0 saturated carbocycles. The molecule has 7 nitrogen and oxygen atoms in total. The number of hydrogen-bond donors (Lipinski definition) is 1. The summed E-state index contributed by atoms with van der Waals surface area (Å²) in [6.07, 6.45) is 3.46. The number of carbonyl (C=O) groups excluding carboxylic acids is 1. The number of nitrogens with zero attached hydrogens (tertiary/aromatic N) is 3. The molecule has 3 rings (SSSR count). The molecule has 2 heterocycles. The Kier molecular flexibility index (Phi) is 5.31. The first kappa shape index (κ1) is 18.4. The predicted octanol–water partition coefficient (Wildman–Crippen LogP) is 2.15. The zero-order valence-electron chi connectivity index (χ0n) is 15.0. The third-order valence-corrected chi connectivity index (χ3v) is 6.32. The van der Waals surface area contributed by atoms with Gasteiger partial charge < -0.3 is 10.2 Å². The van der Waals surface area contributed by atoms with Crippen molar-refractivity contribution in [2.75, 3.05) is 18.1 Å². The van der Waals surface area contributed by atoms with E-state index in [1.54, 1.807) is 15.8 Å². The number of hydrogen-bond acceptors (Lipinski definition) is 4. The van der Waals surface area contributed by atoms with Crippen LogP contribution in [0.25, 0.3) is 0 Å². The van der Waals surface area contributed by atoms with Crippen molar-refractivity contribution in [3.05, 3.63) is 53.9 Å². The van der Waals surface area contributed by atoms with Gasteiger partial charge in [-0.3, -0.25) is 4.68 Å². The monoisotopic (exact) mass is 376 g/mol. The Bertz CT molecular complexity index is 864. The van der Waals surface area contributed by atoms with E-state index in [1.165, 1.54) is 0 Å². The number of sulfone groups is 1. The number of amides is 2. The molecule has 1 aromatic carbocycles. The van der Waals surface area contributed by atoms with Gasteiger partial charge >= 0.3 is 6.03 Å². The number of urea groups is 1. The van der Waals surface area contributed by atoms with Crippen LogP contribution in [0, 0.1) is 0 Å². The average Bonchev–Trinajstić information content (AvgIpc) is 3.10. The van der Waals surface area contributed by atoms with Crippen LogP contribution in [0.2, 0.25) is 0 Å². The summed E-state index contributed by atoms with van der Waals surface area (Å²) in [7, 11) is -3.18. The highest BCUT2D eigenvalue weighted by atomic mass is 32.2. The lowest BCUT2D eigenvalue weighted by molar-refractivity contribution is 0.178. The Labute approximate surface area is 153 Å². The van der Waals surface area contributed by atoms with E-state index in [0.29, 0.717) is 6.54 Å². The fourth-order valence-electron chi connectivity index (χ4n) is 3.14. The zero-order valence-corrected chi connectivity index (χ0v) is 15.8. The summed E-state index contributed by atoms with van der Waals surface area (Å²) >= 11 is 0. The summed E-state index contributed by atoms with van der Waals surface area (Å²) in [4.78, 5) is 14.5. The van der Waals surface area contributed by atoms with Gasteiger partial charge in [0.25, 0.3) is 0 Å². The molecule has 1 saturated heterocycles. The summed E-state index contributed by atoms with van der Waals surface area (Å²) in [5.41, 5.74) is 1.75. The number of aryl methyl sites for hydroxylation is 1. The van der Waals surface area contributed by atoms with Crippen LogP contribution in [0.5, 0.6) is 0 Å². The van der Waals surface area contributed by atoms with Crippen LogP contribution in [0.15, 0.2) is 42.7 Å². The van der Waals surface area contributed by atoms with Crippen molar-refractivity contribution >= 4 is 15.9 Å². The van der Waals surface area contributed by atoms with E-state index in [9.17, 15) is 13.2 Å². The first-order valence-corrected chi connectivity index (χ1v) is 10.6. The number of nitrogens with one attached hydrogen (secondary N) is 1. The number of benzene rings is 1. The fraction of sp³-hybridized carbons (Fsp3) is 0.444. The standard InChI is InChI=1S/C18H24N4O3S/c1-3-21-12-16(11-19-21)17-13-26(24,25)10-9-22(17)18(23)20-14(2)15-7-5-4-6-8-15/h4-8,11-12,14,17H,3,9-10,13H2,1-2H3,(H,20,23)/t14-,17-/m0/s1. The van der Waals surface area contributed by atoms with Gasteiger partial charge in [0.2, 0.25) is 0 Å². The highest BCUT2D eigenvalue weighted by Gasteiger charge is 2.36. The summed E-state index contributed by atoms with van der Waals surface area (Å²) in [5, 5.41) is 7.20. The Morgan fingerprint density at radius 1 is 1.35 bits per heavy atom. The van der Waals surface area contributed by atoms with Crippen molar-refractivity contribution in [1.29, 1.82) is 0 Å². The highest BCUT2D eigenvalue weighted by molar-refractivity contribution is 7.91. The first-order chi connectivity index (χ1) is 12.4. The highest BCUT2D eigenvalue weighted by Crippen LogP contribution is 2.27. The first-order valence-electron chi connectivity index (χ1n) is 8.74. The van der Waals surface area contributed by atoms with Gasteiger partial charge in [-0.15, -0.1) is 0 Å². The summed E-state index contributed by atoms with van der Waals surface area (Å²) < 4.78 is 26.0. The second-order valence-corrected chi connectivity index (χ2v) is 8.76. The molecule has 2 atom stereocenters. The Balaban J connectivity index is 1.80. The molecule has 0 spiro atoms. The average molecular weight is 376 g/mol. The van der Waals surface area contributed by atoms with Crippen LogP contribution in [0.4, 0.5) is 4.79 Å². The largest absolute Gasteiger partial charge is 0.331 e. The minimum Gasteiger partial charge on any atom is -0.331 e. The van der Waals surface area contributed by atoms with Crippen LogP contribution in [0.1, 0.15) is 37.1 Å². The summed E-state index contributed by atoms with van der Waals surface area (Å²) in [6, 6.07) is 8.74. The normalized spacial score (nSPS) is 20.5. The molecule has 1 aliphatic rings. The minimum absolute atomic E-state index is 0.0153. The van der Waals surface area contributed by atoms with E-state index in [-0.39, 0.29) is 30.1 Å². The number of rotatable bonds is 4. The van der Waals surface area contributed by atoms with Crippen LogP contribution < -0.4 is 5.32 Å². The van der Waals surface area contributed by atoms with Gasteiger partial charge in [0.05, 0.1) is 29.8 Å². The Morgan fingerprint density at radius 3 is 2.73 bits per heavy atom. The molecule has 1 aliphatic heterocycles. The zero-order chi connectivity index (χ0) is 18.7. The van der Waals surface area contributed by atoms with Gasteiger partial charge in [-0.2, -0.15) is 5.10 Å². The molecule has 0 radical (unpaired) electrons. The molecule has 1 aromatic heterocycles. The molecule has 0 bridgehead atoms. The van der Waals surface area contributed by atoms with Gasteiger partial charge in [0.1, 0.15) is 0 Å². The van der Waals surface area contributed by atoms with Crippen molar-refractivity contribution in [2.45, 2.75) is 32.5 Å². The van der Waals surface area contributed by atoms with E-state index in [1.807, 2.05) is 50.4 Å². The quantitative estimate of drug-likeness (QED) is 0.886. The Hall–Kier alpha value is -2.35. The maximum Gasteiger partial charge on any atom is 0.318 e. The lowest BCUT2D eigenvalue weighted by atomic mass is 10.1. The molecule has 1 N–H and O–H groups in total. The van der Waals surface area contributed by atoms with Crippen LogP contribution in [-0.2, 0) is 16.4 Å². The minimum atomic E-state index is -3.18. The summed E-state index contributed by atoms with van der Waals surface area (Å²) in [5.74, 6) is -0.0892. The van der Waals surface area contributed by atoms with E-state index in [0.717, 1.165) is 11.1 Å². The van der Waals surface area contributed by atoms with E-state index in [2.05, 4.69) is 10.4 Å². The third-order valence-electron chi connectivity index (χ3n) is 4.69. The lowest BCUT2D eigenvalue weighted by Crippen LogP contribution is -2.50. The van der Waals surface area contributed by atoms with Crippen molar-refractivity contribution in [2.24, 2.45) is 0 Å². The van der Waals surface area contributed by atoms with Gasteiger partial charge in [-0.05, 0) is 19.4 Å². The SMILES string of the molecule is CCn1cc([C@@H]2CS(=O)(=O)CCN2C(=O)N[C@@H](C)c2ccccc2)cn1. The van der Waals surface area contributed by atoms with Crippen molar-refractivity contribution < 1.29 is 13.2 Å². The second kappa shape index (κ2) is 7.49. The van der Waals surface area contributed by atoms with Gasteiger partial charge in [0, 0.05) is 24.8 Å². The van der Waals surface area contributed by atoms with Crippen LogP contribution in [-0.4, -0.2) is 47.2 Å². The van der Waals surface area contributed by atoms with Gasteiger partial charge in [-0.1, -0.05) is 30.3 Å². The predicted molar refractivity (Wildman–Crippen MR) is 99.4 cm³/mol. The van der Waals surface area contributed by atoms with E-state index < -0.39 is 15.9 Å². The van der Waals surface area contributed by atoms with Crippen molar-refractivity contribution in [3.63, 3.8) is 0 Å². The molecule has 26 heavy (non-hydrogen) atoms. The molecule has 0 unspecified atom stereocenters. The van der Waals surface area contributed by atoms with Gasteiger partial charge in [-0.25, -0.2) is 13.2 Å². The molecule has 2 amide bonds. The summed E-state index contributed by atoms with van der Waals surface area (Å²) in [6.45, 7) is 4.74. The fourth-order valence-corrected chi connectivity index (χ4v) is 4.64. The maximum atomic E-state index is 12.8. The molecule has 2 aromatic rings. The maximum absolute atomic E-state index is 12.8. The molecule has 8 heteroatoms. The van der Waals surface area contributed by atoms with E-state index in [4.69, 9.17) is 0 Å². The molecular weight excluding hydrogens is 352 g/mol. The molecular formula is C18H24N4O3S. The topological polar surface area (TPSA) is 84.3 Å².